The monoisotopic (exact) mass is 311 g/mol. The second-order valence-corrected chi connectivity index (χ2v) is 6.72. The van der Waals surface area contributed by atoms with E-state index in [1.807, 2.05) is 24.3 Å². The highest BCUT2D eigenvalue weighted by Gasteiger charge is 2.37. The van der Waals surface area contributed by atoms with Gasteiger partial charge in [-0.15, -0.1) is 0 Å². The van der Waals surface area contributed by atoms with Gasteiger partial charge in [-0.05, 0) is 37.8 Å². The number of hydrogen-bond acceptors (Lipinski definition) is 4. The summed E-state index contributed by atoms with van der Waals surface area (Å²) in [6.07, 6.45) is 5.91. The lowest BCUT2D eigenvalue weighted by Crippen LogP contribution is -2.48. The van der Waals surface area contributed by atoms with Crippen LogP contribution in [0.2, 0.25) is 0 Å². The summed E-state index contributed by atoms with van der Waals surface area (Å²) in [5, 5.41) is 10.2. The molecule has 1 aromatic carbocycles. The molecule has 23 heavy (non-hydrogen) atoms. The summed E-state index contributed by atoms with van der Waals surface area (Å²) in [7, 11) is 0. The van der Waals surface area contributed by atoms with Gasteiger partial charge in [0.25, 0.3) is 0 Å². The third-order valence-electron chi connectivity index (χ3n) is 4.79. The highest BCUT2D eigenvalue weighted by molar-refractivity contribution is 5.98. The van der Waals surface area contributed by atoms with Crippen molar-refractivity contribution in [3.8, 4) is 11.4 Å². The molecule has 0 bridgehead atoms. The van der Waals surface area contributed by atoms with Gasteiger partial charge >= 0.3 is 0 Å². The first-order valence-corrected chi connectivity index (χ1v) is 8.27. The molecule has 0 atom stereocenters. The number of nitrogens with zero attached hydrogens (tertiary/aromatic N) is 2. The second kappa shape index (κ2) is 5.45. The van der Waals surface area contributed by atoms with Crippen LogP contribution in [-0.2, 0) is 4.79 Å². The van der Waals surface area contributed by atoms with E-state index in [9.17, 15) is 4.79 Å². The number of amides is 1. The van der Waals surface area contributed by atoms with E-state index in [1.54, 1.807) is 0 Å². The maximum absolute atomic E-state index is 12.4. The summed E-state index contributed by atoms with van der Waals surface area (Å²) in [5.41, 5.74) is 7.11. The van der Waals surface area contributed by atoms with Crippen molar-refractivity contribution in [1.82, 2.24) is 15.2 Å². The molecule has 0 radical (unpaired) electrons. The van der Waals surface area contributed by atoms with Gasteiger partial charge < -0.3 is 11.1 Å². The minimum atomic E-state index is -0.722. The Hall–Kier alpha value is -2.21. The van der Waals surface area contributed by atoms with Gasteiger partial charge in [0.1, 0.15) is 5.82 Å². The topological polar surface area (TPSA) is 96.7 Å². The molecule has 0 aliphatic heterocycles. The Bertz CT molecular complexity index is 728. The molecule has 2 aromatic rings. The van der Waals surface area contributed by atoms with Gasteiger partial charge in [0, 0.05) is 17.2 Å². The fourth-order valence-corrected chi connectivity index (χ4v) is 3.17. The Morgan fingerprint density at radius 1 is 1.30 bits per heavy atom. The van der Waals surface area contributed by atoms with Crippen LogP contribution in [0.3, 0.4) is 0 Å². The number of carbonyl (C=O) groups is 1. The van der Waals surface area contributed by atoms with E-state index in [2.05, 4.69) is 20.5 Å². The molecule has 120 valence electrons. The van der Waals surface area contributed by atoms with Crippen molar-refractivity contribution >= 4 is 11.6 Å². The number of anilines is 1. The van der Waals surface area contributed by atoms with Gasteiger partial charge in [-0.2, -0.15) is 5.10 Å². The normalized spacial score (nSPS) is 19.7. The third-order valence-corrected chi connectivity index (χ3v) is 4.79. The standard InChI is InChI=1S/C17H21N5O/c18-17(8-1-2-9-17)16(23)19-13-5-3-4-12(10-13)15-20-14(21-22-15)11-6-7-11/h3-5,10-11H,1-2,6-9,18H2,(H,19,23)(H,20,21,22). The zero-order valence-corrected chi connectivity index (χ0v) is 13.0. The van der Waals surface area contributed by atoms with E-state index < -0.39 is 5.54 Å². The predicted molar refractivity (Wildman–Crippen MR) is 87.8 cm³/mol. The first-order valence-electron chi connectivity index (χ1n) is 8.27. The molecule has 0 spiro atoms. The van der Waals surface area contributed by atoms with Crippen LogP contribution < -0.4 is 11.1 Å². The van der Waals surface area contributed by atoms with Crippen LogP contribution in [0.5, 0.6) is 0 Å². The molecule has 2 aliphatic carbocycles. The molecule has 2 saturated carbocycles. The summed E-state index contributed by atoms with van der Waals surface area (Å²) in [5.74, 6) is 2.08. The second-order valence-electron chi connectivity index (χ2n) is 6.72. The predicted octanol–water partition coefficient (Wildman–Crippen LogP) is 2.56. The van der Waals surface area contributed by atoms with Crippen molar-refractivity contribution in [2.75, 3.05) is 5.32 Å². The lowest BCUT2D eigenvalue weighted by molar-refractivity contribution is -0.121. The Balaban J connectivity index is 1.52. The van der Waals surface area contributed by atoms with E-state index >= 15 is 0 Å². The number of aromatic amines is 1. The van der Waals surface area contributed by atoms with Crippen LogP contribution in [0.15, 0.2) is 24.3 Å². The van der Waals surface area contributed by atoms with E-state index in [0.29, 0.717) is 11.7 Å². The molecule has 1 amide bonds. The van der Waals surface area contributed by atoms with Gasteiger partial charge in [-0.3, -0.25) is 9.89 Å². The van der Waals surface area contributed by atoms with Crippen LogP contribution >= 0.6 is 0 Å². The number of H-pyrrole nitrogens is 1. The molecule has 1 aromatic heterocycles. The summed E-state index contributed by atoms with van der Waals surface area (Å²) in [6.45, 7) is 0. The van der Waals surface area contributed by atoms with Gasteiger partial charge in [0.2, 0.25) is 5.91 Å². The Labute approximate surface area is 134 Å². The van der Waals surface area contributed by atoms with Crippen molar-refractivity contribution in [1.29, 1.82) is 0 Å². The third kappa shape index (κ3) is 2.86. The highest BCUT2D eigenvalue weighted by atomic mass is 16.2. The van der Waals surface area contributed by atoms with Crippen molar-refractivity contribution < 1.29 is 4.79 Å². The van der Waals surface area contributed by atoms with Gasteiger partial charge in [-0.1, -0.05) is 25.0 Å². The van der Waals surface area contributed by atoms with Gasteiger partial charge in [-0.25, -0.2) is 4.98 Å². The Kier molecular flexibility index (Phi) is 3.41. The zero-order chi connectivity index (χ0) is 15.9. The van der Waals surface area contributed by atoms with Crippen LogP contribution in [0.4, 0.5) is 5.69 Å². The quantitative estimate of drug-likeness (QED) is 0.808. The number of nitrogens with two attached hydrogens (primary N) is 1. The molecule has 0 saturated heterocycles. The number of hydrogen-bond donors (Lipinski definition) is 3. The van der Waals surface area contributed by atoms with E-state index in [0.717, 1.165) is 42.8 Å². The molecule has 2 aliphatic rings. The first kappa shape index (κ1) is 14.4. The van der Waals surface area contributed by atoms with Crippen molar-refractivity contribution in [3.05, 3.63) is 30.1 Å². The Morgan fingerprint density at radius 3 is 2.83 bits per heavy atom. The largest absolute Gasteiger partial charge is 0.324 e. The molecular weight excluding hydrogens is 290 g/mol. The van der Waals surface area contributed by atoms with E-state index in [1.165, 1.54) is 12.8 Å². The zero-order valence-electron chi connectivity index (χ0n) is 13.0. The molecule has 0 unspecified atom stereocenters. The minimum absolute atomic E-state index is 0.0965. The molecule has 1 heterocycles. The fraction of sp³-hybridized carbons (Fsp3) is 0.471. The van der Waals surface area contributed by atoms with Crippen molar-refractivity contribution in [2.45, 2.75) is 50.0 Å². The molecule has 4 rings (SSSR count). The summed E-state index contributed by atoms with van der Waals surface area (Å²) in [4.78, 5) is 17.0. The van der Waals surface area contributed by atoms with Crippen LogP contribution in [-0.4, -0.2) is 26.6 Å². The average molecular weight is 311 g/mol. The van der Waals surface area contributed by atoms with E-state index in [-0.39, 0.29) is 5.91 Å². The number of carbonyl (C=O) groups excluding carboxylic acids is 1. The van der Waals surface area contributed by atoms with E-state index in [4.69, 9.17) is 5.73 Å². The minimum Gasteiger partial charge on any atom is -0.324 e. The molecule has 2 fully saturated rings. The summed E-state index contributed by atoms with van der Waals surface area (Å²) < 4.78 is 0. The maximum Gasteiger partial charge on any atom is 0.244 e. The van der Waals surface area contributed by atoms with Gasteiger partial charge in [0.15, 0.2) is 5.82 Å². The van der Waals surface area contributed by atoms with Gasteiger partial charge in [0.05, 0.1) is 5.54 Å². The SMILES string of the molecule is NC1(C(=O)Nc2cccc(-c3n[nH]c(C4CC4)n3)c2)CCCC1. The number of nitrogens with one attached hydrogen (secondary N) is 2. The number of aromatic nitrogens is 3. The first-order chi connectivity index (χ1) is 11.1. The van der Waals surface area contributed by atoms with Crippen LogP contribution in [0.1, 0.15) is 50.3 Å². The molecule has 4 N–H and O–H groups in total. The number of rotatable bonds is 4. The smallest absolute Gasteiger partial charge is 0.244 e. The average Bonchev–Trinajstić information content (AvgIpc) is 3.10. The van der Waals surface area contributed by atoms with Crippen molar-refractivity contribution in [2.24, 2.45) is 5.73 Å². The summed E-state index contributed by atoms with van der Waals surface area (Å²) in [6, 6.07) is 7.61. The lowest BCUT2D eigenvalue weighted by Gasteiger charge is -2.22. The molecule has 6 heteroatoms. The molecule has 6 nitrogen and oxygen atoms in total. The highest BCUT2D eigenvalue weighted by Crippen LogP contribution is 2.38. The molecular formula is C17H21N5O. The summed E-state index contributed by atoms with van der Waals surface area (Å²) >= 11 is 0. The Morgan fingerprint density at radius 2 is 2.09 bits per heavy atom. The number of benzene rings is 1. The lowest BCUT2D eigenvalue weighted by atomic mass is 9.98. The van der Waals surface area contributed by atoms with Crippen LogP contribution in [0, 0.1) is 0 Å². The fourth-order valence-electron chi connectivity index (χ4n) is 3.17. The maximum atomic E-state index is 12.4. The van der Waals surface area contributed by atoms with Crippen LogP contribution in [0.25, 0.3) is 11.4 Å². The van der Waals surface area contributed by atoms with Crippen molar-refractivity contribution in [3.63, 3.8) is 0 Å².